The number of halogens is 1. The number of amides is 1. The zero-order valence-corrected chi connectivity index (χ0v) is 22.2. The molecule has 0 saturated heterocycles. The van der Waals surface area contributed by atoms with Crippen molar-refractivity contribution in [2.24, 2.45) is 0 Å². The van der Waals surface area contributed by atoms with E-state index < -0.39 is 6.04 Å². The standard InChI is InChI=1S/C28H26ClN5O2S/c1-17-7-6-8-19(15-17)16-37-28-32-27-30-18(2)24(26(35)31-22-9-4-5-10-23(22)36-3)25(34(27)33-28)20-11-13-21(29)14-12-20/h4-15,25H,16H2,1-3H3,(H,31,35)(H,30,32,33). The van der Waals surface area contributed by atoms with Crippen LogP contribution in [0.25, 0.3) is 0 Å². The maximum atomic E-state index is 13.7. The molecule has 1 unspecified atom stereocenters. The largest absolute Gasteiger partial charge is 0.495 e. The molecule has 1 atom stereocenters. The quantitative estimate of drug-likeness (QED) is 0.266. The molecule has 1 amide bonds. The molecule has 0 aliphatic carbocycles. The second kappa shape index (κ2) is 10.7. The first kappa shape index (κ1) is 24.9. The Morgan fingerprint density at radius 3 is 2.65 bits per heavy atom. The molecule has 188 valence electrons. The Morgan fingerprint density at radius 1 is 1.11 bits per heavy atom. The number of thioether (sulfide) groups is 1. The smallest absolute Gasteiger partial charge is 0.255 e. The number of carbonyl (C=O) groups excluding carboxylic acids is 1. The summed E-state index contributed by atoms with van der Waals surface area (Å²) in [5.41, 5.74) is 5.10. The van der Waals surface area contributed by atoms with Gasteiger partial charge in [-0.3, -0.25) is 4.79 Å². The van der Waals surface area contributed by atoms with Crippen LogP contribution < -0.4 is 15.4 Å². The van der Waals surface area contributed by atoms with E-state index in [4.69, 9.17) is 26.4 Å². The maximum Gasteiger partial charge on any atom is 0.255 e. The molecule has 1 aliphatic heterocycles. The van der Waals surface area contributed by atoms with Gasteiger partial charge in [0, 0.05) is 16.5 Å². The molecule has 2 heterocycles. The Balaban J connectivity index is 1.49. The molecule has 5 rings (SSSR count). The van der Waals surface area contributed by atoms with Gasteiger partial charge in [0.1, 0.15) is 11.8 Å². The average Bonchev–Trinajstić information content (AvgIpc) is 3.30. The molecule has 9 heteroatoms. The van der Waals surface area contributed by atoms with E-state index in [9.17, 15) is 4.79 Å². The molecule has 0 bridgehead atoms. The number of aromatic nitrogens is 3. The molecule has 0 fully saturated rings. The van der Waals surface area contributed by atoms with Gasteiger partial charge in [-0.25, -0.2) is 4.68 Å². The van der Waals surface area contributed by atoms with Crippen LogP contribution in [0.3, 0.4) is 0 Å². The Labute approximate surface area is 224 Å². The summed E-state index contributed by atoms with van der Waals surface area (Å²) in [7, 11) is 1.58. The molecule has 3 aromatic carbocycles. The molecular weight excluding hydrogens is 506 g/mol. The van der Waals surface area contributed by atoms with E-state index in [-0.39, 0.29) is 5.91 Å². The van der Waals surface area contributed by atoms with Crippen molar-refractivity contribution in [2.45, 2.75) is 30.8 Å². The predicted molar refractivity (Wildman–Crippen MR) is 148 cm³/mol. The third kappa shape index (κ3) is 5.35. The number of nitrogens with one attached hydrogen (secondary N) is 2. The highest BCUT2D eigenvalue weighted by molar-refractivity contribution is 7.98. The van der Waals surface area contributed by atoms with Crippen molar-refractivity contribution in [1.82, 2.24) is 14.8 Å². The predicted octanol–water partition coefficient (Wildman–Crippen LogP) is 6.47. The van der Waals surface area contributed by atoms with Crippen molar-refractivity contribution >= 4 is 40.9 Å². The van der Waals surface area contributed by atoms with Crippen LogP contribution in [0.4, 0.5) is 11.6 Å². The summed E-state index contributed by atoms with van der Waals surface area (Å²) in [6.45, 7) is 3.95. The van der Waals surface area contributed by atoms with E-state index in [1.54, 1.807) is 35.7 Å². The fourth-order valence-corrected chi connectivity index (χ4v) is 5.23. The molecule has 0 radical (unpaired) electrons. The van der Waals surface area contributed by atoms with E-state index >= 15 is 0 Å². The lowest BCUT2D eigenvalue weighted by Gasteiger charge is -2.28. The van der Waals surface area contributed by atoms with E-state index in [1.807, 2.05) is 43.3 Å². The van der Waals surface area contributed by atoms with Crippen LogP contribution in [0.15, 0.2) is 89.2 Å². The number of methoxy groups -OCH3 is 1. The molecular formula is C28H26ClN5O2S. The Morgan fingerprint density at radius 2 is 1.89 bits per heavy atom. The van der Waals surface area contributed by atoms with Crippen molar-refractivity contribution in [1.29, 1.82) is 0 Å². The SMILES string of the molecule is COc1ccccc1NC(=O)C1=C(C)Nc2nc(SCc3cccc(C)c3)nn2C1c1ccc(Cl)cc1. The maximum absolute atomic E-state index is 13.7. The fourth-order valence-electron chi connectivity index (χ4n) is 4.33. The number of fused-ring (bicyclic) bond motifs is 1. The number of allylic oxidation sites excluding steroid dienone is 1. The Kier molecular flexibility index (Phi) is 7.21. The number of aryl methyl sites for hydroxylation is 1. The lowest BCUT2D eigenvalue weighted by Crippen LogP contribution is -2.31. The molecule has 7 nitrogen and oxygen atoms in total. The number of nitrogens with zero attached hydrogens (tertiary/aromatic N) is 3. The minimum Gasteiger partial charge on any atom is -0.495 e. The van der Waals surface area contributed by atoms with Gasteiger partial charge in [-0.15, -0.1) is 5.10 Å². The average molecular weight is 532 g/mol. The third-order valence-electron chi connectivity index (χ3n) is 6.07. The summed E-state index contributed by atoms with van der Waals surface area (Å²) in [6, 6.07) is 22.6. The molecule has 0 spiro atoms. The van der Waals surface area contributed by atoms with Crippen molar-refractivity contribution < 1.29 is 9.53 Å². The summed E-state index contributed by atoms with van der Waals surface area (Å²) in [4.78, 5) is 18.4. The number of carbonyl (C=O) groups is 1. The Hall–Kier alpha value is -3.75. The second-order valence-electron chi connectivity index (χ2n) is 8.71. The highest BCUT2D eigenvalue weighted by Gasteiger charge is 2.34. The molecule has 1 aromatic heterocycles. The lowest BCUT2D eigenvalue weighted by atomic mass is 9.95. The molecule has 1 aliphatic rings. The first-order valence-corrected chi connectivity index (χ1v) is 13.1. The number of para-hydroxylation sites is 2. The normalized spacial score (nSPS) is 14.6. The van der Waals surface area contributed by atoms with Crippen LogP contribution >= 0.6 is 23.4 Å². The summed E-state index contributed by atoms with van der Waals surface area (Å²) >= 11 is 7.73. The van der Waals surface area contributed by atoms with Crippen molar-refractivity contribution in [3.05, 3.63) is 106 Å². The number of rotatable bonds is 7. The van der Waals surface area contributed by atoms with Crippen molar-refractivity contribution in [3.63, 3.8) is 0 Å². The molecule has 4 aromatic rings. The van der Waals surface area contributed by atoms with E-state index in [2.05, 4.69) is 41.8 Å². The van der Waals surface area contributed by atoms with Crippen LogP contribution in [-0.4, -0.2) is 27.8 Å². The van der Waals surface area contributed by atoms with Crippen LogP contribution in [0.2, 0.25) is 5.02 Å². The van der Waals surface area contributed by atoms with E-state index in [0.717, 1.165) is 11.3 Å². The summed E-state index contributed by atoms with van der Waals surface area (Å²) in [6.07, 6.45) is 0. The zero-order chi connectivity index (χ0) is 25.9. The van der Waals surface area contributed by atoms with Crippen LogP contribution in [0, 0.1) is 6.92 Å². The van der Waals surface area contributed by atoms with E-state index in [0.29, 0.717) is 38.8 Å². The minimum absolute atomic E-state index is 0.260. The van der Waals surface area contributed by atoms with Gasteiger partial charge in [-0.2, -0.15) is 4.98 Å². The number of anilines is 2. The minimum atomic E-state index is -0.496. The van der Waals surface area contributed by atoms with Crippen molar-refractivity contribution in [2.75, 3.05) is 17.7 Å². The molecule has 37 heavy (non-hydrogen) atoms. The first-order chi connectivity index (χ1) is 17.9. The topological polar surface area (TPSA) is 81.1 Å². The lowest BCUT2D eigenvalue weighted by molar-refractivity contribution is -0.113. The number of benzene rings is 3. The van der Waals surface area contributed by atoms with E-state index in [1.165, 1.54) is 11.1 Å². The van der Waals surface area contributed by atoms with Gasteiger partial charge in [0.25, 0.3) is 5.91 Å². The summed E-state index contributed by atoms with van der Waals surface area (Å²) in [5.74, 6) is 1.64. The highest BCUT2D eigenvalue weighted by Crippen LogP contribution is 2.38. The zero-order valence-electron chi connectivity index (χ0n) is 20.7. The fraction of sp³-hybridized carbons (Fsp3) is 0.179. The van der Waals surface area contributed by atoms with Crippen LogP contribution in [-0.2, 0) is 10.5 Å². The van der Waals surface area contributed by atoms with Gasteiger partial charge in [-0.05, 0) is 49.2 Å². The monoisotopic (exact) mass is 531 g/mol. The third-order valence-corrected chi connectivity index (χ3v) is 7.23. The highest BCUT2D eigenvalue weighted by atomic mass is 35.5. The first-order valence-electron chi connectivity index (χ1n) is 11.8. The van der Waals surface area contributed by atoms with Gasteiger partial charge < -0.3 is 15.4 Å². The van der Waals surface area contributed by atoms with Gasteiger partial charge >= 0.3 is 0 Å². The van der Waals surface area contributed by atoms with Crippen LogP contribution in [0.5, 0.6) is 5.75 Å². The second-order valence-corrected chi connectivity index (χ2v) is 10.1. The van der Waals surface area contributed by atoms with Gasteiger partial charge in [-0.1, -0.05) is 77.5 Å². The number of hydrogen-bond donors (Lipinski definition) is 2. The van der Waals surface area contributed by atoms with Gasteiger partial charge in [0.15, 0.2) is 0 Å². The van der Waals surface area contributed by atoms with Crippen molar-refractivity contribution in [3.8, 4) is 5.75 Å². The van der Waals surface area contributed by atoms with Gasteiger partial charge in [0.2, 0.25) is 11.1 Å². The van der Waals surface area contributed by atoms with Crippen LogP contribution in [0.1, 0.15) is 29.7 Å². The molecule has 2 N–H and O–H groups in total. The Bertz CT molecular complexity index is 1480. The number of ether oxygens (including phenoxy) is 1. The summed E-state index contributed by atoms with van der Waals surface area (Å²) in [5, 5.41) is 12.3. The molecule has 0 saturated carbocycles. The summed E-state index contributed by atoms with van der Waals surface area (Å²) < 4.78 is 7.19. The number of hydrogen-bond acceptors (Lipinski definition) is 6. The van der Waals surface area contributed by atoms with Gasteiger partial charge in [0.05, 0.1) is 18.4 Å².